The molecule has 0 aliphatic heterocycles. The predicted molar refractivity (Wildman–Crippen MR) is 62.4 cm³/mol. The SMILES string of the molecule is CCC(C)[C@H](N)C(=O)NCC1CCCC1. The Morgan fingerprint density at radius 2 is 2.07 bits per heavy atom. The molecule has 2 atom stereocenters. The van der Waals surface area contributed by atoms with Gasteiger partial charge in [-0.25, -0.2) is 0 Å². The van der Waals surface area contributed by atoms with Gasteiger partial charge in [-0.2, -0.15) is 0 Å². The van der Waals surface area contributed by atoms with Gasteiger partial charge >= 0.3 is 0 Å². The lowest BCUT2D eigenvalue weighted by molar-refractivity contribution is -0.123. The summed E-state index contributed by atoms with van der Waals surface area (Å²) in [7, 11) is 0. The van der Waals surface area contributed by atoms with E-state index in [2.05, 4.69) is 12.2 Å². The Hall–Kier alpha value is -0.570. The van der Waals surface area contributed by atoms with Crippen LogP contribution in [0.4, 0.5) is 0 Å². The van der Waals surface area contributed by atoms with Crippen molar-refractivity contribution in [2.45, 2.75) is 52.0 Å². The maximum atomic E-state index is 11.7. The van der Waals surface area contributed by atoms with E-state index in [1.807, 2.05) is 6.92 Å². The molecule has 1 saturated carbocycles. The normalized spacial score (nSPS) is 21.3. The average molecular weight is 212 g/mol. The number of carbonyl (C=O) groups excluding carboxylic acids is 1. The molecule has 1 fully saturated rings. The standard InChI is InChI=1S/C12H24N2O/c1-3-9(2)11(13)12(15)14-8-10-6-4-5-7-10/h9-11H,3-8,13H2,1-2H3,(H,14,15)/t9?,11-/m0/s1. The first kappa shape index (κ1) is 12.5. The van der Waals surface area contributed by atoms with Crippen molar-refractivity contribution in [2.24, 2.45) is 17.6 Å². The lowest BCUT2D eigenvalue weighted by atomic mass is 9.99. The number of hydrogen-bond acceptors (Lipinski definition) is 2. The molecule has 3 nitrogen and oxygen atoms in total. The number of rotatable bonds is 5. The van der Waals surface area contributed by atoms with Crippen molar-refractivity contribution in [1.29, 1.82) is 0 Å². The van der Waals surface area contributed by atoms with E-state index in [0.29, 0.717) is 5.92 Å². The Balaban J connectivity index is 2.22. The number of amides is 1. The van der Waals surface area contributed by atoms with E-state index in [1.54, 1.807) is 0 Å². The summed E-state index contributed by atoms with van der Waals surface area (Å²) in [5, 5.41) is 2.98. The fraction of sp³-hybridized carbons (Fsp3) is 0.917. The first-order valence-electron chi connectivity index (χ1n) is 6.18. The Morgan fingerprint density at radius 3 is 2.60 bits per heavy atom. The highest BCUT2D eigenvalue weighted by atomic mass is 16.2. The van der Waals surface area contributed by atoms with Crippen LogP contribution in [0.15, 0.2) is 0 Å². The van der Waals surface area contributed by atoms with E-state index in [4.69, 9.17) is 5.73 Å². The molecule has 0 bridgehead atoms. The molecule has 3 heteroatoms. The predicted octanol–water partition coefficient (Wildman–Crippen LogP) is 1.67. The molecule has 0 radical (unpaired) electrons. The van der Waals surface area contributed by atoms with E-state index < -0.39 is 0 Å². The molecule has 0 aromatic rings. The van der Waals surface area contributed by atoms with Gasteiger partial charge in [-0.15, -0.1) is 0 Å². The molecule has 0 spiro atoms. The zero-order valence-electron chi connectivity index (χ0n) is 9.96. The van der Waals surface area contributed by atoms with Crippen LogP contribution in [0.5, 0.6) is 0 Å². The van der Waals surface area contributed by atoms with Gasteiger partial charge < -0.3 is 11.1 Å². The summed E-state index contributed by atoms with van der Waals surface area (Å²) in [6, 6.07) is -0.337. The Morgan fingerprint density at radius 1 is 1.47 bits per heavy atom. The molecule has 15 heavy (non-hydrogen) atoms. The third-order valence-corrected chi connectivity index (χ3v) is 3.60. The van der Waals surface area contributed by atoms with Gasteiger partial charge in [0.05, 0.1) is 6.04 Å². The quantitative estimate of drug-likeness (QED) is 0.728. The van der Waals surface area contributed by atoms with E-state index >= 15 is 0 Å². The summed E-state index contributed by atoms with van der Waals surface area (Å²) in [6.07, 6.45) is 6.12. The van der Waals surface area contributed by atoms with Crippen LogP contribution in [0.3, 0.4) is 0 Å². The number of carbonyl (C=O) groups is 1. The summed E-state index contributed by atoms with van der Waals surface area (Å²) < 4.78 is 0. The third-order valence-electron chi connectivity index (χ3n) is 3.60. The first-order valence-corrected chi connectivity index (χ1v) is 6.18. The van der Waals surface area contributed by atoms with E-state index in [-0.39, 0.29) is 17.9 Å². The second-order valence-electron chi connectivity index (χ2n) is 4.81. The summed E-state index contributed by atoms with van der Waals surface area (Å²) in [5.74, 6) is 0.989. The fourth-order valence-corrected chi connectivity index (χ4v) is 2.09. The second kappa shape index (κ2) is 6.11. The molecule has 0 saturated heterocycles. The summed E-state index contributed by atoms with van der Waals surface area (Å²) in [5.41, 5.74) is 5.84. The van der Waals surface area contributed by atoms with Crippen LogP contribution in [0.25, 0.3) is 0 Å². The highest BCUT2D eigenvalue weighted by molar-refractivity contribution is 5.81. The fourth-order valence-electron chi connectivity index (χ4n) is 2.09. The van der Waals surface area contributed by atoms with Gasteiger partial charge in [0, 0.05) is 6.54 Å². The zero-order chi connectivity index (χ0) is 11.3. The van der Waals surface area contributed by atoms with Crippen LogP contribution in [-0.2, 0) is 4.79 Å². The van der Waals surface area contributed by atoms with Crippen LogP contribution >= 0.6 is 0 Å². The topological polar surface area (TPSA) is 55.1 Å². The van der Waals surface area contributed by atoms with Crippen LogP contribution in [0.2, 0.25) is 0 Å². The van der Waals surface area contributed by atoms with Gasteiger partial charge in [0.25, 0.3) is 0 Å². The number of hydrogen-bond donors (Lipinski definition) is 2. The van der Waals surface area contributed by atoms with Gasteiger partial charge in [-0.05, 0) is 24.7 Å². The number of nitrogens with one attached hydrogen (secondary N) is 1. The van der Waals surface area contributed by atoms with Crippen LogP contribution < -0.4 is 11.1 Å². The molecule has 1 aliphatic rings. The molecule has 0 aromatic carbocycles. The van der Waals surface area contributed by atoms with Crippen LogP contribution in [-0.4, -0.2) is 18.5 Å². The van der Waals surface area contributed by atoms with Gasteiger partial charge in [0.15, 0.2) is 0 Å². The van der Waals surface area contributed by atoms with Crippen molar-refractivity contribution in [1.82, 2.24) is 5.32 Å². The van der Waals surface area contributed by atoms with E-state index in [1.165, 1.54) is 25.7 Å². The Bertz CT molecular complexity index is 200. The van der Waals surface area contributed by atoms with Crippen LogP contribution in [0, 0.1) is 11.8 Å². The highest BCUT2D eigenvalue weighted by Gasteiger charge is 2.21. The van der Waals surface area contributed by atoms with Crippen molar-refractivity contribution in [3.63, 3.8) is 0 Å². The van der Waals surface area contributed by atoms with Crippen LogP contribution in [0.1, 0.15) is 46.0 Å². The molecule has 0 aromatic heterocycles. The molecule has 88 valence electrons. The van der Waals surface area contributed by atoms with Gasteiger partial charge in [-0.3, -0.25) is 4.79 Å². The van der Waals surface area contributed by atoms with E-state index in [0.717, 1.165) is 13.0 Å². The van der Waals surface area contributed by atoms with Crippen molar-refractivity contribution in [2.75, 3.05) is 6.54 Å². The highest BCUT2D eigenvalue weighted by Crippen LogP contribution is 2.23. The minimum Gasteiger partial charge on any atom is -0.354 e. The summed E-state index contributed by atoms with van der Waals surface area (Å²) in [4.78, 5) is 11.7. The molecule has 1 amide bonds. The Kier molecular flexibility index (Phi) is 5.09. The van der Waals surface area contributed by atoms with E-state index in [9.17, 15) is 4.79 Å². The minimum atomic E-state index is -0.337. The molecule has 1 aliphatic carbocycles. The smallest absolute Gasteiger partial charge is 0.237 e. The lowest BCUT2D eigenvalue weighted by Gasteiger charge is -2.19. The molecule has 0 heterocycles. The van der Waals surface area contributed by atoms with Gasteiger partial charge in [-0.1, -0.05) is 33.1 Å². The zero-order valence-corrected chi connectivity index (χ0v) is 9.96. The third kappa shape index (κ3) is 3.82. The summed E-state index contributed by atoms with van der Waals surface area (Å²) in [6.45, 7) is 4.91. The van der Waals surface area contributed by atoms with Gasteiger partial charge in [0.2, 0.25) is 5.91 Å². The Labute approximate surface area is 92.8 Å². The lowest BCUT2D eigenvalue weighted by Crippen LogP contribution is -2.45. The summed E-state index contributed by atoms with van der Waals surface area (Å²) >= 11 is 0. The molecule has 1 unspecified atom stereocenters. The average Bonchev–Trinajstić information content (AvgIpc) is 2.76. The van der Waals surface area contributed by atoms with Crippen molar-refractivity contribution in [3.8, 4) is 0 Å². The maximum Gasteiger partial charge on any atom is 0.237 e. The monoisotopic (exact) mass is 212 g/mol. The van der Waals surface area contributed by atoms with Crippen molar-refractivity contribution >= 4 is 5.91 Å². The first-order chi connectivity index (χ1) is 7.15. The molecule has 1 rings (SSSR count). The number of nitrogens with two attached hydrogens (primary N) is 1. The minimum absolute atomic E-state index is 0.0243. The van der Waals surface area contributed by atoms with Gasteiger partial charge in [0.1, 0.15) is 0 Å². The van der Waals surface area contributed by atoms with Crippen molar-refractivity contribution < 1.29 is 4.79 Å². The molecular formula is C12H24N2O. The largest absolute Gasteiger partial charge is 0.354 e. The maximum absolute atomic E-state index is 11.7. The molecule has 3 N–H and O–H groups in total. The van der Waals surface area contributed by atoms with Crippen molar-refractivity contribution in [3.05, 3.63) is 0 Å². The second-order valence-corrected chi connectivity index (χ2v) is 4.81. The molecular weight excluding hydrogens is 188 g/mol.